The van der Waals surface area contributed by atoms with E-state index in [1.165, 1.54) is 35.2 Å². The zero-order valence-electron chi connectivity index (χ0n) is 19.0. The Bertz CT molecular complexity index is 1190. The lowest BCUT2D eigenvalue weighted by Gasteiger charge is -2.10. The number of amides is 1. The molecule has 0 unspecified atom stereocenters. The van der Waals surface area contributed by atoms with E-state index < -0.39 is 15.7 Å². The van der Waals surface area contributed by atoms with E-state index in [0.29, 0.717) is 49.8 Å². The van der Waals surface area contributed by atoms with Crippen LogP contribution in [-0.4, -0.2) is 67.9 Å². The summed E-state index contributed by atoms with van der Waals surface area (Å²) in [5, 5.41) is 6.79. The molecule has 1 aromatic carbocycles. The van der Waals surface area contributed by atoms with Gasteiger partial charge in [0.1, 0.15) is 0 Å². The average Bonchev–Trinajstić information content (AvgIpc) is 3.41. The molecule has 1 aliphatic heterocycles. The van der Waals surface area contributed by atoms with Crippen molar-refractivity contribution < 1.29 is 32.3 Å². The summed E-state index contributed by atoms with van der Waals surface area (Å²) in [7, 11) is -3.35. The van der Waals surface area contributed by atoms with Gasteiger partial charge in [-0.15, -0.1) is 11.8 Å². The summed E-state index contributed by atoms with van der Waals surface area (Å²) < 4.78 is 35.9. The Balaban J connectivity index is 1.48. The molecule has 188 valence electrons. The second kappa shape index (κ2) is 11.5. The van der Waals surface area contributed by atoms with Gasteiger partial charge in [0.15, 0.2) is 26.8 Å². The summed E-state index contributed by atoms with van der Waals surface area (Å²) in [6.07, 6.45) is 3.29. The van der Waals surface area contributed by atoms with Gasteiger partial charge >= 0.3 is 5.97 Å². The highest BCUT2D eigenvalue weighted by atomic mass is 32.2. The lowest BCUT2D eigenvalue weighted by Crippen LogP contribution is -2.25. The first-order valence-electron chi connectivity index (χ1n) is 11.1. The third-order valence-electron chi connectivity index (χ3n) is 5.16. The van der Waals surface area contributed by atoms with Gasteiger partial charge in [-0.1, -0.05) is 28.6 Å². The fourth-order valence-electron chi connectivity index (χ4n) is 3.19. The Morgan fingerprint density at radius 3 is 2.69 bits per heavy atom. The predicted octanol–water partition coefficient (Wildman–Crippen LogP) is 2.88. The van der Waals surface area contributed by atoms with Crippen LogP contribution in [0.4, 0.5) is 5.13 Å². The van der Waals surface area contributed by atoms with Crippen molar-refractivity contribution in [2.24, 2.45) is 5.16 Å². The minimum absolute atomic E-state index is 0.0109. The van der Waals surface area contributed by atoms with Crippen LogP contribution in [0.2, 0.25) is 0 Å². The van der Waals surface area contributed by atoms with E-state index in [2.05, 4.69) is 15.5 Å². The molecule has 2 aromatic rings. The first-order valence-corrected chi connectivity index (χ1v) is 14.4. The number of thiazole rings is 1. The summed E-state index contributed by atoms with van der Waals surface area (Å²) in [5.41, 5.74) is 0.396. The van der Waals surface area contributed by atoms with Crippen LogP contribution in [0, 0.1) is 0 Å². The number of ether oxygens (including phenoxy) is 2. The molecule has 1 saturated heterocycles. The SMILES string of the molecule is CCOC(=O)CSc1cnc(NC(=O)/C(=N/O[C@@H]2CCOC2)c2ccc(S(=O)(=O)C3CC3)cc2)s1. The second-order valence-electron chi connectivity index (χ2n) is 7.83. The third-order valence-corrected chi connectivity index (χ3v) is 9.52. The van der Waals surface area contributed by atoms with Crippen molar-refractivity contribution in [2.75, 3.05) is 30.9 Å². The van der Waals surface area contributed by atoms with Crippen LogP contribution in [0.15, 0.2) is 44.7 Å². The van der Waals surface area contributed by atoms with Gasteiger partial charge in [0.2, 0.25) is 0 Å². The third kappa shape index (κ3) is 6.81. The number of benzene rings is 1. The minimum atomic E-state index is -3.35. The Morgan fingerprint density at radius 2 is 2.03 bits per heavy atom. The number of thioether (sulfide) groups is 1. The number of hydrogen-bond acceptors (Lipinski definition) is 11. The van der Waals surface area contributed by atoms with Crippen molar-refractivity contribution in [3.63, 3.8) is 0 Å². The molecule has 1 amide bonds. The van der Waals surface area contributed by atoms with E-state index >= 15 is 0 Å². The van der Waals surface area contributed by atoms with Crippen molar-refractivity contribution >= 4 is 55.7 Å². The highest BCUT2D eigenvalue weighted by Gasteiger charge is 2.36. The smallest absolute Gasteiger partial charge is 0.316 e. The summed E-state index contributed by atoms with van der Waals surface area (Å²) in [6.45, 7) is 2.99. The topological polar surface area (TPSA) is 133 Å². The summed E-state index contributed by atoms with van der Waals surface area (Å²) in [6, 6.07) is 6.06. The van der Waals surface area contributed by atoms with E-state index in [-0.39, 0.29) is 33.7 Å². The second-order valence-corrected chi connectivity index (χ2v) is 12.4. The van der Waals surface area contributed by atoms with Gasteiger partial charge in [-0.25, -0.2) is 13.4 Å². The van der Waals surface area contributed by atoms with Crippen LogP contribution in [0.1, 0.15) is 31.7 Å². The molecule has 0 spiro atoms. The van der Waals surface area contributed by atoms with E-state index in [9.17, 15) is 18.0 Å². The van der Waals surface area contributed by atoms with Gasteiger partial charge in [0.25, 0.3) is 5.91 Å². The highest BCUT2D eigenvalue weighted by Crippen LogP contribution is 2.33. The van der Waals surface area contributed by atoms with Crippen molar-refractivity contribution in [2.45, 2.75) is 46.6 Å². The van der Waals surface area contributed by atoms with Crippen molar-refractivity contribution in [3.05, 3.63) is 36.0 Å². The molecular formula is C22H25N3O7S3. The molecule has 1 aromatic heterocycles. The molecule has 10 nitrogen and oxygen atoms in total. The van der Waals surface area contributed by atoms with Crippen LogP contribution in [-0.2, 0) is 33.7 Å². The van der Waals surface area contributed by atoms with Crippen LogP contribution in [0.25, 0.3) is 0 Å². The summed E-state index contributed by atoms with van der Waals surface area (Å²) in [5.74, 6) is -0.743. The van der Waals surface area contributed by atoms with Gasteiger partial charge in [-0.3, -0.25) is 14.9 Å². The number of carbonyl (C=O) groups is 2. The maximum Gasteiger partial charge on any atom is 0.316 e. The first kappa shape index (κ1) is 25.6. The fraction of sp³-hybridized carbons (Fsp3) is 0.455. The Labute approximate surface area is 211 Å². The van der Waals surface area contributed by atoms with Crippen molar-refractivity contribution in [1.29, 1.82) is 0 Å². The number of oxime groups is 1. The van der Waals surface area contributed by atoms with Gasteiger partial charge in [-0.05, 0) is 31.9 Å². The Kier molecular flexibility index (Phi) is 8.42. The lowest BCUT2D eigenvalue weighted by atomic mass is 10.1. The number of esters is 1. The monoisotopic (exact) mass is 539 g/mol. The van der Waals surface area contributed by atoms with Crippen molar-refractivity contribution in [3.8, 4) is 0 Å². The number of sulfone groups is 1. The predicted molar refractivity (Wildman–Crippen MR) is 132 cm³/mol. The Morgan fingerprint density at radius 1 is 1.26 bits per heavy atom. The maximum atomic E-state index is 13.1. The molecule has 2 aliphatic rings. The molecule has 4 rings (SSSR count). The number of carbonyl (C=O) groups excluding carboxylic acids is 2. The molecule has 1 aliphatic carbocycles. The molecule has 0 bridgehead atoms. The van der Waals surface area contributed by atoms with E-state index in [1.54, 1.807) is 25.3 Å². The highest BCUT2D eigenvalue weighted by molar-refractivity contribution is 8.01. The fourth-order valence-corrected chi connectivity index (χ4v) is 6.52. The maximum absolute atomic E-state index is 13.1. The quantitative estimate of drug-likeness (QED) is 0.198. The summed E-state index contributed by atoms with van der Waals surface area (Å²) in [4.78, 5) is 34.6. The number of anilines is 1. The number of nitrogens with one attached hydrogen (secondary N) is 1. The number of hydrogen-bond donors (Lipinski definition) is 1. The minimum Gasteiger partial charge on any atom is -0.465 e. The summed E-state index contributed by atoms with van der Waals surface area (Å²) >= 11 is 2.47. The average molecular weight is 540 g/mol. The zero-order chi connectivity index (χ0) is 24.8. The van der Waals surface area contributed by atoms with Crippen LogP contribution in [0.5, 0.6) is 0 Å². The van der Waals surface area contributed by atoms with Gasteiger partial charge in [-0.2, -0.15) is 0 Å². The molecule has 1 N–H and O–H groups in total. The van der Waals surface area contributed by atoms with E-state index in [1.807, 2.05) is 0 Å². The van der Waals surface area contributed by atoms with Crippen LogP contribution < -0.4 is 5.32 Å². The zero-order valence-corrected chi connectivity index (χ0v) is 21.4. The molecule has 2 fully saturated rings. The van der Waals surface area contributed by atoms with Gasteiger partial charge in [0.05, 0.1) is 46.1 Å². The van der Waals surface area contributed by atoms with Gasteiger partial charge < -0.3 is 14.3 Å². The molecule has 1 atom stereocenters. The van der Waals surface area contributed by atoms with Crippen molar-refractivity contribution in [1.82, 2.24) is 4.98 Å². The number of rotatable bonds is 11. The molecule has 1 saturated carbocycles. The largest absolute Gasteiger partial charge is 0.465 e. The molecule has 13 heteroatoms. The van der Waals surface area contributed by atoms with E-state index in [4.69, 9.17) is 14.3 Å². The first-order chi connectivity index (χ1) is 16.9. The number of aromatic nitrogens is 1. The normalized spacial score (nSPS) is 18.3. The van der Waals surface area contributed by atoms with Crippen LogP contribution in [0.3, 0.4) is 0 Å². The van der Waals surface area contributed by atoms with Gasteiger partial charge in [0, 0.05) is 12.0 Å². The number of nitrogens with zero attached hydrogens (tertiary/aromatic N) is 2. The Hall–Kier alpha value is -2.48. The molecular weight excluding hydrogens is 514 g/mol. The van der Waals surface area contributed by atoms with E-state index in [0.717, 1.165) is 4.21 Å². The molecule has 2 heterocycles. The standard InChI is InChI=1S/C22H25N3O7S3/c1-2-31-18(26)13-33-19-11-23-22(34-19)24-21(27)20(25-32-15-9-10-30-12-15)14-3-5-16(6-4-14)35(28,29)17-7-8-17/h3-6,11,15,17H,2,7-10,12-13H2,1H3,(H,23,24,27)/b25-20+/t15-/m1/s1. The molecule has 35 heavy (non-hydrogen) atoms. The lowest BCUT2D eigenvalue weighted by molar-refractivity contribution is -0.139. The van der Waals surface area contributed by atoms with Crippen LogP contribution >= 0.6 is 23.1 Å². The molecule has 0 radical (unpaired) electrons.